The van der Waals surface area contributed by atoms with Gasteiger partial charge >= 0.3 is 0 Å². The third-order valence-corrected chi connectivity index (χ3v) is 4.94. The molecule has 0 N–H and O–H groups in total. The molecule has 2 aromatic heterocycles. The molecule has 0 spiro atoms. The summed E-state index contributed by atoms with van der Waals surface area (Å²) < 4.78 is 11.0. The predicted octanol–water partition coefficient (Wildman–Crippen LogP) is 3.88. The van der Waals surface area contributed by atoms with Crippen molar-refractivity contribution in [1.82, 2.24) is 15.0 Å². The molecule has 0 saturated carbocycles. The zero-order valence-electron chi connectivity index (χ0n) is 15.8. The number of amides is 1. The van der Waals surface area contributed by atoms with Crippen molar-refractivity contribution >= 4 is 17.2 Å². The number of likely N-dealkylation sites (N-methyl/N-ethyl adjacent to an activating group) is 1. The average Bonchev–Trinajstić information content (AvgIpc) is 3.30. The van der Waals surface area contributed by atoms with E-state index in [1.165, 1.54) is 0 Å². The van der Waals surface area contributed by atoms with Gasteiger partial charge in [0.05, 0.1) is 11.4 Å². The smallest absolute Gasteiger partial charge is 0.227 e. The Hall–Kier alpha value is -2.67. The van der Waals surface area contributed by atoms with Gasteiger partial charge in [0.25, 0.3) is 0 Å². The molecule has 0 unspecified atom stereocenters. The maximum absolute atomic E-state index is 12.3. The van der Waals surface area contributed by atoms with Crippen molar-refractivity contribution in [2.75, 3.05) is 20.2 Å². The highest BCUT2D eigenvalue weighted by Crippen LogP contribution is 2.21. The number of carbonyl (C=O) groups is 1. The minimum atomic E-state index is 0.0231. The molecule has 1 aromatic carbocycles. The molecule has 0 aliphatic heterocycles. The molecule has 0 fully saturated rings. The summed E-state index contributed by atoms with van der Waals surface area (Å²) in [5.74, 6) is 1.91. The van der Waals surface area contributed by atoms with Crippen molar-refractivity contribution in [2.24, 2.45) is 0 Å². The van der Waals surface area contributed by atoms with Gasteiger partial charge in [0, 0.05) is 19.9 Å². The highest BCUT2D eigenvalue weighted by Gasteiger charge is 2.13. The maximum atomic E-state index is 12.3. The van der Waals surface area contributed by atoms with Gasteiger partial charge in [-0.3, -0.25) is 4.79 Å². The van der Waals surface area contributed by atoms with Crippen LogP contribution in [0.4, 0.5) is 0 Å². The van der Waals surface area contributed by atoms with Gasteiger partial charge in [0.15, 0.2) is 0 Å². The summed E-state index contributed by atoms with van der Waals surface area (Å²) in [5.41, 5.74) is 2.33. The van der Waals surface area contributed by atoms with Gasteiger partial charge in [0.2, 0.25) is 17.6 Å². The van der Waals surface area contributed by atoms with Gasteiger partial charge < -0.3 is 14.2 Å². The van der Waals surface area contributed by atoms with E-state index in [0.29, 0.717) is 37.7 Å². The van der Waals surface area contributed by atoms with Crippen LogP contribution in [0.1, 0.15) is 23.4 Å². The highest BCUT2D eigenvalue weighted by atomic mass is 32.1. The molecular weight excluding hydrogens is 362 g/mol. The Labute approximate surface area is 162 Å². The number of carbonyl (C=O) groups excluding carboxylic acids is 1. The highest BCUT2D eigenvalue weighted by molar-refractivity contribution is 7.13. The zero-order valence-corrected chi connectivity index (χ0v) is 16.6. The molecule has 0 aliphatic carbocycles. The van der Waals surface area contributed by atoms with Crippen molar-refractivity contribution in [3.05, 3.63) is 52.7 Å². The number of aryl methyl sites for hydroxylation is 3. The third kappa shape index (κ3) is 5.40. The zero-order chi connectivity index (χ0) is 19.2. The van der Waals surface area contributed by atoms with Crippen LogP contribution in [0.5, 0.6) is 5.75 Å². The van der Waals surface area contributed by atoms with Crippen LogP contribution in [0.25, 0.3) is 10.7 Å². The van der Waals surface area contributed by atoms with Gasteiger partial charge in [-0.2, -0.15) is 4.98 Å². The standard InChI is InChI=1S/C20H23N3O3S/c1-14-11-15(2)13-16(12-14)25-9-8-23(3)19(24)7-6-18-21-20(22-26-18)17-5-4-10-27-17/h4-5,10-13H,6-9H2,1-3H3. The molecule has 0 bridgehead atoms. The number of rotatable bonds is 8. The summed E-state index contributed by atoms with van der Waals surface area (Å²) in [7, 11) is 1.78. The van der Waals surface area contributed by atoms with Crippen LogP contribution in [-0.2, 0) is 11.2 Å². The fourth-order valence-corrected chi connectivity index (χ4v) is 3.36. The first kappa shape index (κ1) is 19.1. The Kier molecular flexibility index (Phi) is 6.24. The Bertz CT molecular complexity index is 870. The molecule has 6 nitrogen and oxygen atoms in total. The van der Waals surface area contributed by atoms with E-state index in [-0.39, 0.29) is 5.91 Å². The van der Waals surface area contributed by atoms with Crippen molar-refractivity contribution < 1.29 is 14.1 Å². The Morgan fingerprint density at radius 3 is 2.74 bits per heavy atom. The lowest BCUT2D eigenvalue weighted by molar-refractivity contribution is -0.130. The Morgan fingerprint density at radius 1 is 1.26 bits per heavy atom. The van der Waals surface area contributed by atoms with E-state index in [1.807, 2.05) is 43.5 Å². The predicted molar refractivity (Wildman–Crippen MR) is 105 cm³/mol. The molecular formula is C20H23N3O3S. The summed E-state index contributed by atoms with van der Waals surface area (Å²) in [4.78, 5) is 19.2. The fourth-order valence-electron chi connectivity index (χ4n) is 2.71. The van der Waals surface area contributed by atoms with Gasteiger partial charge in [-0.1, -0.05) is 17.3 Å². The van der Waals surface area contributed by atoms with Crippen molar-refractivity contribution in [1.29, 1.82) is 0 Å². The maximum Gasteiger partial charge on any atom is 0.227 e. The summed E-state index contributed by atoms with van der Waals surface area (Å²) in [6.45, 7) is 5.05. The second-order valence-corrected chi connectivity index (χ2v) is 7.42. The van der Waals surface area contributed by atoms with Crippen LogP contribution >= 0.6 is 11.3 Å². The summed E-state index contributed by atoms with van der Waals surface area (Å²) in [5, 5.41) is 5.92. The SMILES string of the molecule is Cc1cc(C)cc(OCCN(C)C(=O)CCc2nc(-c3cccs3)no2)c1. The van der Waals surface area contributed by atoms with Crippen LogP contribution in [-0.4, -0.2) is 41.1 Å². The van der Waals surface area contributed by atoms with Crippen LogP contribution in [0.3, 0.4) is 0 Å². The van der Waals surface area contributed by atoms with E-state index in [1.54, 1.807) is 23.3 Å². The minimum absolute atomic E-state index is 0.0231. The lowest BCUT2D eigenvalue weighted by Crippen LogP contribution is -2.31. The molecule has 7 heteroatoms. The van der Waals surface area contributed by atoms with E-state index < -0.39 is 0 Å². The van der Waals surface area contributed by atoms with Crippen molar-refractivity contribution in [3.8, 4) is 16.5 Å². The van der Waals surface area contributed by atoms with Gasteiger partial charge in [0.1, 0.15) is 12.4 Å². The number of thiophene rings is 1. The van der Waals surface area contributed by atoms with E-state index in [4.69, 9.17) is 9.26 Å². The first-order chi connectivity index (χ1) is 13.0. The fraction of sp³-hybridized carbons (Fsp3) is 0.350. The van der Waals surface area contributed by atoms with E-state index in [2.05, 4.69) is 16.2 Å². The van der Waals surface area contributed by atoms with Crippen LogP contribution in [0.2, 0.25) is 0 Å². The molecule has 0 radical (unpaired) electrons. The van der Waals surface area contributed by atoms with Crippen LogP contribution in [0, 0.1) is 13.8 Å². The van der Waals surface area contributed by atoms with Crippen molar-refractivity contribution in [2.45, 2.75) is 26.7 Å². The van der Waals surface area contributed by atoms with Crippen LogP contribution in [0.15, 0.2) is 40.2 Å². The number of nitrogens with zero attached hydrogens (tertiary/aromatic N) is 3. The molecule has 142 valence electrons. The molecule has 27 heavy (non-hydrogen) atoms. The first-order valence-electron chi connectivity index (χ1n) is 8.83. The topological polar surface area (TPSA) is 68.5 Å². The monoisotopic (exact) mass is 385 g/mol. The number of hydrogen-bond donors (Lipinski definition) is 0. The summed E-state index contributed by atoms with van der Waals surface area (Å²) in [6, 6.07) is 9.97. The van der Waals surface area contributed by atoms with E-state index >= 15 is 0 Å². The molecule has 3 rings (SSSR count). The molecule has 0 aliphatic rings. The number of ether oxygens (including phenoxy) is 1. The van der Waals surface area contributed by atoms with Crippen molar-refractivity contribution in [3.63, 3.8) is 0 Å². The minimum Gasteiger partial charge on any atom is -0.492 e. The summed E-state index contributed by atoms with van der Waals surface area (Å²) >= 11 is 1.55. The normalized spacial score (nSPS) is 10.8. The van der Waals surface area contributed by atoms with E-state index in [9.17, 15) is 4.79 Å². The second kappa shape index (κ2) is 8.81. The van der Waals surface area contributed by atoms with Gasteiger partial charge in [-0.05, 0) is 48.6 Å². The molecule has 0 atom stereocenters. The van der Waals surface area contributed by atoms with E-state index in [0.717, 1.165) is 21.8 Å². The Balaban J connectivity index is 1.42. The third-order valence-electron chi connectivity index (χ3n) is 4.08. The number of aromatic nitrogens is 2. The first-order valence-corrected chi connectivity index (χ1v) is 9.71. The average molecular weight is 385 g/mol. The lowest BCUT2D eigenvalue weighted by atomic mass is 10.1. The largest absolute Gasteiger partial charge is 0.492 e. The van der Waals surface area contributed by atoms with Gasteiger partial charge in [-0.25, -0.2) is 0 Å². The molecule has 0 saturated heterocycles. The van der Waals surface area contributed by atoms with Crippen LogP contribution < -0.4 is 4.74 Å². The number of benzene rings is 1. The number of hydrogen-bond acceptors (Lipinski definition) is 6. The second-order valence-electron chi connectivity index (χ2n) is 6.48. The Morgan fingerprint density at radius 2 is 2.04 bits per heavy atom. The lowest BCUT2D eigenvalue weighted by Gasteiger charge is -2.17. The molecule has 3 aromatic rings. The molecule has 1 amide bonds. The summed E-state index contributed by atoms with van der Waals surface area (Å²) in [6.07, 6.45) is 0.756. The quantitative estimate of drug-likeness (QED) is 0.588. The molecule has 2 heterocycles. The van der Waals surface area contributed by atoms with Gasteiger partial charge in [-0.15, -0.1) is 11.3 Å².